The van der Waals surface area contributed by atoms with Crippen molar-refractivity contribution in [1.82, 2.24) is 4.98 Å². The Balaban J connectivity index is 1.37. The van der Waals surface area contributed by atoms with E-state index < -0.39 is 5.60 Å². The van der Waals surface area contributed by atoms with Gasteiger partial charge in [-0.05, 0) is 43.4 Å². The summed E-state index contributed by atoms with van der Waals surface area (Å²) in [4.78, 5) is 4.53. The van der Waals surface area contributed by atoms with E-state index in [1.165, 1.54) is 6.42 Å². The first kappa shape index (κ1) is 23.2. The van der Waals surface area contributed by atoms with Gasteiger partial charge in [0, 0.05) is 18.4 Å². The van der Waals surface area contributed by atoms with Crippen LogP contribution in [0.1, 0.15) is 62.2 Å². The average Bonchev–Trinajstić information content (AvgIpc) is 3.31. The summed E-state index contributed by atoms with van der Waals surface area (Å²) in [5.41, 5.74) is -0.327. The molecule has 1 atom stereocenters. The predicted molar refractivity (Wildman–Crippen MR) is 127 cm³/mol. The minimum atomic E-state index is -1.18. The van der Waals surface area contributed by atoms with Crippen LogP contribution in [0.2, 0.25) is 10.0 Å². The zero-order valence-corrected chi connectivity index (χ0v) is 19.6. The second-order valence-corrected chi connectivity index (χ2v) is 9.29. The summed E-state index contributed by atoms with van der Waals surface area (Å²) < 4.78 is 11.9. The fourth-order valence-electron chi connectivity index (χ4n) is 4.50. The van der Waals surface area contributed by atoms with E-state index in [1.807, 2.05) is 36.4 Å². The summed E-state index contributed by atoms with van der Waals surface area (Å²) in [6, 6.07) is 15.1. The van der Waals surface area contributed by atoms with Gasteiger partial charge in [-0.1, -0.05) is 72.8 Å². The summed E-state index contributed by atoms with van der Waals surface area (Å²) in [7, 11) is 0. The van der Waals surface area contributed by atoms with Crippen LogP contribution in [0, 0.1) is 5.92 Å². The lowest BCUT2D eigenvalue weighted by Gasteiger charge is -2.36. The molecule has 0 unspecified atom stereocenters. The van der Waals surface area contributed by atoms with E-state index in [9.17, 15) is 5.11 Å². The highest BCUT2D eigenvalue weighted by atomic mass is 35.5. The number of nitrogens with zero attached hydrogens (tertiary/aromatic N) is 1. The lowest BCUT2D eigenvalue weighted by molar-refractivity contribution is -0.0239. The van der Waals surface area contributed by atoms with E-state index in [4.69, 9.17) is 32.4 Å². The monoisotopic (exact) mass is 473 g/mol. The van der Waals surface area contributed by atoms with Gasteiger partial charge in [0.25, 0.3) is 0 Å². The zero-order valence-electron chi connectivity index (χ0n) is 18.1. The minimum absolute atomic E-state index is 0.116. The molecule has 1 fully saturated rings. The van der Waals surface area contributed by atoms with Crippen LogP contribution in [0.4, 0.5) is 0 Å². The van der Waals surface area contributed by atoms with Gasteiger partial charge in [-0.2, -0.15) is 0 Å². The molecule has 2 aromatic carbocycles. The second-order valence-electron chi connectivity index (χ2n) is 8.48. The van der Waals surface area contributed by atoms with Gasteiger partial charge in [0.1, 0.15) is 11.5 Å². The zero-order chi connectivity index (χ0) is 22.4. The number of halogens is 2. The molecule has 1 aliphatic rings. The normalized spacial score (nSPS) is 16.6. The molecule has 0 saturated heterocycles. The Bertz CT molecular complexity index is 1000. The summed E-state index contributed by atoms with van der Waals surface area (Å²) in [5, 5.41) is 12.9. The van der Waals surface area contributed by atoms with E-state index in [0.29, 0.717) is 28.3 Å². The Morgan fingerprint density at radius 1 is 1.00 bits per heavy atom. The average molecular weight is 474 g/mol. The van der Waals surface area contributed by atoms with Crippen LogP contribution < -0.4 is 4.74 Å². The third-order valence-electron chi connectivity index (χ3n) is 6.27. The van der Waals surface area contributed by atoms with Gasteiger partial charge < -0.3 is 14.3 Å². The van der Waals surface area contributed by atoms with Gasteiger partial charge >= 0.3 is 0 Å². The maximum atomic E-state index is 11.9. The van der Waals surface area contributed by atoms with Crippen LogP contribution in [-0.4, -0.2) is 16.7 Å². The SMILES string of the molecule is O[C@](c1ccccc1)(c1ncc(CCCCOc2ccc(Cl)c(Cl)c2)o1)C1CCCCC1. The summed E-state index contributed by atoms with van der Waals surface area (Å²) in [6.45, 7) is 0.578. The summed E-state index contributed by atoms with van der Waals surface area (Å²) in [5.74, 6) is 2.03. The number of ether oxygens (including phenoxy) is 1. The largest absolute Gasteiger partial charge is 0.494 e. The number of rotatable bonds is 9. The number of oxazole rings is 1. The molecule has 1 saturated carbocycles. The smallest absolute Gasteiger partial charge is 0.231 e. The van der Waals surface area contributed by atoms with Crippen molar-refractivity contribution in [3.05, 3.63) is 82.0 Å². The minimum Gasteiger partial charge on any atom is -0.494 e. The number of benzene rings is 2. The van der Waals surface area contributed by atoms with Gasteiger partial charge in [0.15, 0.2) is 5.60 Å². The predicted octanol–water partition coefficient (Wildman–Crippen LogP) is 7.20. The van der Waals surface area contributed by atoms with Gasteiger partial charge in [-0.15, -0.1) is 0 Å². The van der Waals surface area contributed by atoms with E-state index in [-0.39, 0.29) is 5.92 Å². The molecule has 6 heteroatoms. The van der Waals surface area contributed by atoms with E-state index in [2.05, 4.69) is 4.98 Å². The Labute approximate surface area is 199 Å². The van der Waals surface area contributed by atoms with E-state index in [0.717, 1.165) is 56.3 Å². The van der Waals surface area contributed by atoms with Crippen molar-refractivity contribution in [1.29, 1.82) is 0 Å². The number of aliphatic hydroxyl groups is 1. The first-order valence-electron chi connectivity index (χ1n) is 11.4. The highest BCUT2D eigenvalue weighted by molar-refractivity contribution is 6.42. The Morgan fingerprint density at radius 3 is 2.53 bits per heavy atom. The fraction of sp³-hybridized carbons (Fsp3) is 0.423. The van der Waals surface area contributed by atoms with Crippen LogP contribution in [0.3, 0.4) is 0 Å². The molecular formula is C26H29Cl2NO3. The number of hydrogen-bond donors (Lipinski definition) is 1. The topological polar surface area (TPSA) is 55.5 Å². The van der Waals surface area contributed by atoms with Crippen LogP contribution in [0.5, 0.6) is 5.75 Å². The maximum Gasteiger partial charge on any atom is 0.231 e. The Kier molecular flexibility index (Phi) is 7.77. The van der Waals surface area contributed by atoms with Crippen molar-refractivity contribution in [2.75, 3.05) is 6.61 Å². The van der Waals surface area contributed by atoms with Gasteiger partial charge in [0.05, 0.1) is 22.8 Å². The highest BCUT2D eigenvalue weighted by Crippen LogP contribution is 2.43. The molecule has 4 rings (SSSR count). The Morgan fingerprint density at radius 2 is 1.78 bits per heavy atom. The maximum absolute atomic E-state index is 11.9. The van der Waals surface area contributed by atoms with E-state index >= 15 is 0 Å². The van der Waals surface area contributed by atoms with Crippen molar-refractivity contribution >= 4 is 23.2 Å². The van der Waals surface area contributed by atoms with Gasteiger partial charge in [-0.25, -0.2) is 4.98 Å². The van der Waals surface area contributed by atoms with Crippen LogP contribution >= 0.6 is 23.2 Å². The molecule has 0 radical (unpaired) electrons. The van der Waals surface area contributed by atoms with Crippen molar-refractivity contribution in [3.8, 4) is 5.75 Å². The summed E-state index contributed by atoms with van der Waals surface area (Å²) in [6.07, 6.45) is 9.70. The molecule has 4 nitrogen and oxygen atoms in total. The second kappa shape index (κ2) is 10.7. The molecule has 32 heavy (non-hydrogen) atoms. The van der Waals surface area contributed by atoms with Crippen LogP contribution in [0.25, 0.3) is 0 Å². The molecular weight excluding hydrogens is 445 g/mol. The fourth-order valence-corrected chi connectivity index (χ4v) is 4.79. The van der Waals surface area contributed by atoms with Gasteiger partial charge in [-0.3, -0.25) is 0 Å². The molecule has 0 bridgehead atoms. The first-order valence-corrected chi connectivity index (χ1v) is 12.1. The molecule has 1 aliphatic carbocycles. The summed E-state index contributed by atoms with van der Waals surface area (Å²) >= 11 is 12.0. The Hall–Kier alpha value is -2.01. The third kappa shape index (κ3) is 5.31. The van der Waals surface area contributed by atoms with Crippen molar-refractivity contribution in [2.24, 2.45) is 5.92 Å². The molecule has 0 amide bonds. The standard InChI is InChI=1S/C26H29Cl2NO3/c27-23-15-14-21(17-24(23)28)31-16-8-7-13-22-18-29-25(32-22)26(30,19-9-3-1-4-10-19)20-11-5-2-6-12-20/h1,3-4,9-10,14-15,17-18,20,30H,2,5-8,11-13,16H2/t26-/m0/s1. The van der Waals surface area contributed by atoms with E-state index in [1.54, 1.807) is 18.3 Å². The van der Waals surface area contributed by atoms with Crippen molar-refractivity contribution in [2.45, 2.75) is 57.0 Å². The lowest BCUT2D eigenvalue weighted by atomic mass is 9.73. The molecule has 0 spiro atoms. The number of unbranched alkanes of at least 4 members (excludes halogenated alkanes) is 1. The number of hydrogen-bond acceptors (Lipinski definition) is 4. The lowest BCUT2D eigenvalue weighted by Crippen LogP contribution is -2.38. The van der Waals surface area contributed by atoms with Crippen molar-refractivity contribution < 1.29 is 14.3 Å². The van der Waals surface area contributed by atoms with Gasteiger partial charge in [0.2, 0.25) is 5.89 Å². The first-order chi connectivity index (χ1) is 15.6. The van der Waals surface area contributed by atoms with Crippen molar-refractivity contribution in [3.63, 3.8) is 0 Å². The quantitative estimate of drug-likeness (QED) is 0.333. The number of aryl methyl sites for hydroxylation is 1. The molecule has 1 N–H and O–H groups in total. The third-order valence-corrected chi connectivity index (χ3v) is 7.01. The molecule has 1 aromatic heterocycles. The molecule has 1 heterocycles. The molecule has 0 aliphatic heterocycles. The number of aromatic nitrogens is 1. The van der Waals surface area contributed by atoms with Crippen LogP contribution in [0.15, 0.2) is 59.1 Å². The molecule has 3 aromatic rings. The van der Waals surface area contributed by atoms with Crippen LogP contribution in [-0.2, 0) is 12.0 Å². The molecule has 170 valence electrons. The highest BCUT2D eigenvalue weighted by Gasteiger charge is 2.44.